The van der Waals surface area contributed by atoms with Gasteiger partial charge in [-0.25, -0.2) is 4.39 Å². The van der Waals surface area contributed by atoms with Crippen molar-refractivity contribution in [1.82, 2.24) is 0 Å². The van der Waals surface area contributed by atoms with E-state index in [0.717, 1.165) is 11.8 Å². The standard InChI is InChI=1S/C17H11FO2S/c1-10-15(19)13-7-2-3-8-14(13)16(20)17(10)21-12-6-4-5-11(18)9-12/h2-9H,1H3. The van der Waals surface area contributed by atoms with Gasteiger partial charge in [0.25, 0.3) is 0 Å². The fraction of sp³-hybridized carbons (Fsp3) is 0.0588. The van der Waals surface area contributed by atoms with E-state index in [1.54, 1.807) is 43.3 Å². The lowest BCUT2D eigenvalue weighted by molar-refractivity contribution is 0.0981. The maximum Gasteiger partial charge on any atom is 0.200 e. The van der Waals surface area contributed by atoms with Crippen LogP contribution in [-0.4, -0.2) is 11.6 Å². The number of allylic oxidation sites excluding steroid dienone is 2. The molecule has 1 aliphatic rings. The summed E-state index contributed by atoms with van der Waals surface area (Å²) in [6, 6.07) is 12.8. The van der Waals surface area contributed by atoms with E-state index in [1.807, 2.05) is 0 Å². The lowest BCUT2D eigenvalue weighted by Crippen LogP contribution is -2.19. The number of carbonyl (C=O) groups excluding carboxylic acids is 2. The smallest absolute Gasteiger partial charge is 0.200 e. The highest BCUT2D eigenvalue weighted by molar-refractivity contribution is 8.04. The second kappa shape index (κ2) is 5.30. The van der Waals surface area contributed by atoms with Gasteiger partial charge in [0, 0.05) is 21.6 Å². The molecule has 2 aromatic rings. The molecule has 0 N–H and O–H groups in total. The molecule has 0 aliphatic heterocycles. The first-order valence-electron chi connectivity index (χ1n) is 6.40. The summed E-state index contributed by atoms with van der Waals surface area (Å²) in [4.78, 5) is 25.8. The van der Waals surface area contributed by atoms with Crippen LogP contribution in [0.2, 0.25) is 0 Å². The minimum Gasteiger partial charge on any atom is -0.289 e. The molecule has 0 unspecified atom stereocenters. The summed E-state index contributed by atoms with van der Waals surface area (Å²) >= 11 is 1.13. The van der Waals surface area contributed by atoms with Crippen LogP contribution in [0, 0.1) is 5.82 Å². The van der Waals surface area contributed by atoms with Crippen LogP contribution in [0.15, 0.2) is 63.9 Å². The predicted molar refractivity (Wildman–Crippen MR) is 80.1 cm³/mol. The molecule has 0 saturated heterocycles. The van der Waals surface area contributed by atoms with Gasteiger partial charge in [-0.05, 0) is 25.1 Å². The van der Waals surface area contributed by atoms with Crippen molar-refractivity contribution in [1.29, 1.82) is 0 Å². The number of halogens is 1. The fourth-order valence-electron chi connectivity index (χ4n) is 2.25. The molecule has 21 heavy (non-hydrogen) atoms. The van der Waals surface area contributed by atoms with Crippen molar-refractivity contribution in [2.24, 2.45) is 0 Å². The van der Waals surface area contributed by atoms with Crippen molar-refractivity contribution in [3.8, 4) is 0 Å². The predicted octanol–water partition coefficient (Wildman–Crippen LogP) is 4.27. The number of carbonyl (C=O) groups is 2. The van der Waals surface area contributed by atoms with Crippen LogP contribution in [0.4, 0.5) is 4.39 Å². The number of thioether (sulfide) groups is 1. The molecule has 104 valence electrons. The van der Waals surface area contributed by atoms with Crippen LogP contribution >= 0.6 is 11.8 Å². The van der Waals surface area contributed by atoms with Crippen molar-refractivity contribution in [3.05, 3.63) is 76.0 Å². The largest absolute Gasteiger partial charge is 0.289 e. The topological polar surface area (TPSA) is 34.1 Å². The Kier molecular flexibility index (Phi) is 3.47. The van der Waals surface area contributed by atoms with Gasteiger partial charge >= 0.3 is 0 Å². The van der Waals surface area contributed by atoms with Crippen LogP contribution in [-0.2, 0) is 0 Å². The monoisotopic (exact) mass is 298 g/mol. The Balaban J connectivity index is 2.05. The first-order chi connectivity index (χ1) is 10.1. The first kappa shape index (κ1) is 13.8. The molecule has 0 atom stereocenters. The van der Waals surface area contributed by atoms with Crippen molar-refractivity contribution in [2.75, 3.05) is 0 Å². The van der Waals surface area contributed by atoms with Crippen molar-refractivity contribution < 1.29 is 14.0 Å². The average molecular weight is 298 g/mol. The first-order valence-corrected chi connectivity index (χ1v) is 7.22. The molecular formula is C17H11FO2S. The molecule has 0 radical (unpaired) electrons. The van der Waals surface area contributed by atoms with Crippen LogP contribution in [0.3, 0.4) is 0 Å². The number of hydrogen-bond acceptors (Lipinski definition) is 3. The number of benzene rings is 2. The van der Waals surface area contributed by atoms with Gasteiger partial charge in [0.2, 0.25) is 5.78 Å². The molecule has 0 saturated carbocycles. The summed E-state index contributed by atoms with van der Waals surface area (Å²) in [5.74, 6) is -0.700. The number of ketones is 2. The summed E-state index contributed by atoms with van der Waals surface area (Å²) in [6.07, 6.45) is 0. The zero-order valence-electron chi connectivity index (χ0n) is 11.2. The highest BCUT2D eigenvalue weighted by Gasteiger charge is 2.30. The van der Waals surface area contributed by atoms with Crippen LogP contribution < -0.4 is 0 Å². The van der Waals surface area contributed by atoms with Gasteiger partial charge in [-0.2, -0.15) is 0 Å². The van der Waals surface area contributed by atoms with E-state index in [2.05, 4.69) is 0 Å². The van der Waals surface area contributed by atoms with Gasteiger partial charge in [-0.15, -0.1) is 0 Å². The van der Waals surface area contributed by atoms with Gasteiger partial charge in [0.15, 0.2) is 5.78 Å². The summed E-state index contributed by atoms with van der Waals surface area (Å²) in [6.45, 7) is 1.64. The fourth-order valence-corrected chi connectivity index (χ4v) is 3.25. The maximum atomic E-state index is 13.3. The molecule has 0 aromatic heterocycles. The van der Waals surface area contributed by atoms with Crippen LogP contribution in [0.1, 0.15) is 27.6 Å². The minimum atomic E-state index is -0.367. The Morgan fingerprint density at radius 2 is 1.57 bits per heavy atom. The van der Waals surface area contributed by atoms with Crippen molar-refractivity contribution >= 4 is 23.3 Å². The zero-order chi connectivity index (χ0) is 15.0. The van der Waals surface area contributed by atoms with Gasteiger partial charge in [-0.1, -0.05) is 42.1 Å². The van der Waals surface area contributed by atoms with E-state index in [4.69, 9.17) is 0 Å². The Morgan fingerprint density at radius 1 is 0.905 bits per heavy atom. The molecule has 0 heterocycles. The quantitative estimate of drug-likeness (QED) is 0.830. The van der Waals surface area contributed by atoms with E-state index in [0.29, 0.717) is 26.5 Å². The molecular weight excluding hydrogens is 287 g/mol. The second-order valence-electron chi connectivity index (χ2n) is 4.72. The third kappa shape index (κ3) is 2.43. The molecule has 1 aliphatic carbocycles. The molecule has 2 aromatic carbocycles. The average Bonchev–Trinajstić information content (AvgIpc) is 2.49. The Morgan fingerprint density at radius 3 is 2.24 bits per heavy atom. The summed E-state index contributed by atoms with van der Waals surface area (Å²) in [5.41, 5.74) is 1.25. The van der Waals surface area contributed by atoms with Crippen molar-refractivity contribution in [2.45, 2.75) is 11.8 Å². The third-order valence-electron chi connectivity index (χ3n) is 3.32. The van der Waals surface area contributed by atoms with Gasteiger partial charge in [-0.3, -0.25) is 9.59 Å². The van der Waals surface area contributed by atoms with E-state index in [9.17, 15) is 14.0 Å². The highest BCUT2D eigenvalue weighted by atomic mass is 32.2. The third-order valence-corrected chi connectivity index (χ3v) is 4.51. The van der Waals surface area contributed by atoms with E-state index >= 15 is 0 Å². The Labute approximate surface area is 125 Å². The molecule has 0 spiro atoms. The Bertz CT molecular complexity index is 793. The van der Waals surface area contributed by atoms with Crippen molar-refractivity contribution in [3.63, 3.8) is 0 Å². The molecule has 2 nitrogen and oxygen atoms in total. The lowest BCUT2D eigenvalue weighted by atomic mass is 9.90. The van der Waals surface area contributed by atoms with Gasteiger partial charge in [0.1, 0.15) is 5.82 Å². The zero-order valence-corrected chi connectivity index (χ0v) is 12.0. The summed E-state index contributed by atoms with van der Waals surface area (Å²) in [7, 11) is 0. The van der Waals surface area contributed by atoms with Crippen LogP contribution in [0.25, 0.3) is 0 Å². The van der Waals surface area contributed by atoms with E-state index in [1.165, 1.54) is 12.1 Å². The number of fused-ring (bicyclic) bond motifs is 1. The summed E-state index contributed by atoms with van der Waals surface area (Å²) < 4.78 is 13.3. The molecule has 4 heteroatoms. The maximum absolute atomic E-state index is 13.3. The highest BCUT2D eigenvalue weighted by Crippen LogP contribution is 2.36. The molecule has 0 amide bonds. The second-order valence-corrected chi connectivity index (χ2v) is 5.80. The molecule has 0 fully saturated rings. The number of Topliss-reactive ketones (excluding diaryl/α,β-unsaturated/α-hetero) is 2. The molecule has 3 rings (SSSR count). The van der Waals surface area contributed by atoms with Gasteiger partial charge < -0.3 is 0 Å². The van der Waals surface area contributed by atoms with E-state index in [-0.39, 0.29) is 17.4 Å². The number of hydrogen-bond donors (Lipinski definition) is 0. The summed E-state index contributed by atoms with van der Waals surface area (Å²) in [5, 5.41) is 0. The minimum absolute atomic E-state index is 0.149. The number of rotatable bonds is 2. The SMILES string of the molecule is CC1=C(Sc2cccc(F)c2)C(=O)c2ccccc2C1=O. The Hall–Kier alpha value is -2.20. The normalized spacial score (nSPS) is 14.4. The lowest BCUT2D eigenvalue weighted by Gasteiger charge is -2.18. The van der Waals surface area contributed by atoms with E-state index < -0.39 is 0 Å². The van der Waals surface area contributed by atoms with Crippen LogP contribution in [0.5, 0.6) is 0 Å². The van der Waals surface area contributed by atoms with Gasteiger partial charge in [0.05, 0.1) is 4.91 Å². The molecule has 0 bridgehead atoms.